The van der Waals surface area contributed by atoms with Crippen molar-refractivity contribution in [3.8, 4) is 0 Å². The Morgan fingerprint density at radius 2 is 2.00 bits per heavy atom. The van der Waals surface area contributed by atoms with Crippen LogP contribution in [0.1, 0.15) is 21.6 Å². The number of aryl methyl sites for hydroxylation is 2. The number of nitrogens with zero attached hydrogens (tertiary/aromatic N) is 3. The molecule has 0 fully saturated rings. The van der Waals surface area contributed by atoms with Gasteiger partial charge in [0.25, 0.3) is 5.69 Å². The monoisotopic (exact) mass is 360 g/mol. The Kier molecular flexibility index (Phi) is 4.42. The molecule has 0 saturated carbocycles. The summed E-state index contributed by atoms with van der Waals surface area (Å²) in [5.41, 5.74) is 8.91. The zero-order chi connectivity index (χ0) is 17.4. The molecule has 0 amide bonds. The number of hydrogen-bond donors (Lipinski definition) is 1. The van der Waals surface area contributed by atoms with Crippen molar-refractivity contribution >= 4 is 44.8 Å². The average Bonchev–Trinajstić information content (AvgIpc) is 2.81. The molecule has 0 unspecified atom stereocenters. The molecule has 8 heteroatoms. The number of anilines is 1. The van der Waals surface area contributed by atoms with Gasteiger partial charge in [-0.05, 0) is 31.9 Å². The van der Waals surface area contributed by atoms with E-state index in [1.807, 2.05) is 19.9 Å². The third kappa shape index (κ3) is 2.94. The van der Waals surface area contributed by atoms with Crippen LogP contribution in [-0.2, 0) is 5.75 Å². The van der Waals surface area contributed by atoms with Crippen LogP contribution in [0.25, 0.3) is 10.2 Å². The van der Waals surface area contributed by atoms with Gasteiger partial charge in [-0.1, -0.05) is 23.9 Å². The van der Waals surface area contributed by atoms with Crippen molar-refractivity contribution in [2.75, 3.05) is 5.73 Å². The fourth-order valence-electron chi connectivity index (χ4n) is 2.49. The van der Waals surface area contributed by atoms with Gasteiger partial charge in [0.1, 0.15) is 10.6 Å². The smallest absolute Gasteiger partial charge is 0.272 e. The Balaban J connectivity index is 1.89. The van der Waals surface area contributed by atoms with Gasteiger partial charge in [-0.2, -0.15) is 0 Å². The minimum absolute atomic E-state index is 0.133. The highest BCUT2D eigenvalue weighted by atomic mass is 32.2. The van der Waals surface area contributed by atoms with E-state index in [-0.39, 0.29) is 10.6 Å². The predicted molar refractivity (Wildman–Crippen MR) is 98.7 cm³/mol. The SMILES string of the molecule is Cc1sc2nc(SCc3cccc([N+](=O)[O-])c3C)nc(N)c2c1C. The van der Waals surface area contributed by atoms with Crippen LogP contribution < -0.4 is 5.73 Å². The minimum Gasteiger partial charge on any atom is -0.383 e. The van der Waals surface area contributed by atoms with Crippen LogP contribution in [0.5, 0.6) is 0 Å². The summed E-state index contributed by atoms with van der Waals surface area (Å²) in [6.45, 7) is 5.83. The van der Waals surface area contributed by atoms with Gasteiger partial charge in [0.05, 0.1) is 10.3 Å². The van der Waals surface area contributed by atoms with E-state index in [9.17, 15) is 10.1 Å². The second kappa shape index (κ2) is 6.37. The van der Waals surface area contributed by atoms with Crippen molar-refractivity contribution in [1.82, 2.24) is 9.97 Å². The van der Waals surface area contributed by atoms with Crippen LogP contribution >= 0.6 is 23.1 Å². The molecule has 1 aromatic carbocycles. The first-order valence-corrected chi connectivity index (χ1v) is 9.07. The Morgan fingerprint density at radius 1 is 1.25 bits per heavy atom. The lowest BCUT2D eigenvalue weighted by atomic mass is 10.1. The molecular weight excluding hydrogens is 344 g/mol. The van der Waals surface area contributed by atoms with Crippen LogP contribution in [0.2, 0.25) is 0 Å². The van der Waals surface area contributed by atoms with Gasteiger partial charge in [-0.25, -0.2) is 9.97 Å². The van der Waals surface area contributed by atoms with Gasteiger partial charge in [0.15, 0.2) is 5.16 Å². The number of nitrogens with two attached hydrogens (primary N) is 1. The maximum absolute atomic E-state index is 11.0. The van der Waals surface area contributed by atoms with Crippen LogP contribution in [-0.4, -0.2) is 14.9 Å². The lowest BCUT2D eigenvalue weighted by molar-refractivity contribution is -0.385. The molecule has 0 aliphatic carbocycles. The number of nitro groups is 1. The van der Waals surface area contributed by atoms with Crippen LogP contribution in [0.3, 0.4) is 0 Å². The number of nitrogen functional groups attached to an aromatic ring is 1. The van der Waals surface area contributed by atoms with E-state index in [0.717, 1.165) is 21.3 Å². The number of fused-ring (bicyclic) bond motifs is 1. The molecule has 3 aromatic rings. The molecule has 0 saturated heterocycles. The summed E-state index contributed by atoms with van der Waals surface area (Å²) in [5, 5.41) is 12.5. The maximum Gasteiger partial charge on any atom is 0.272 e. The van der Waals surface area contributed by atoms with Gasteiger partial charge < -0.3 is 5.73 Å². The number of thiophene rings is 1. The summed E-state index contributed by atoms with van der Waals surface area (Å²) >= 11 is 3.04. The molecule has 0 atom stereocenters. The zero-order valence-corrected chi connectivity index (χ0v) is 15.1. The van der Waals surface area contributed by atoms with E-state index < -0.39 is 0 Å². The van der Waals surface area contributed by atoms with Crippen LogP contribution in [0.15, 0.2) is 23.4 Å². The number of benzene rings is 1. The number of nitro benzene ring substituents is 1. The Morgan fingerprint density at radius 3 is 2.71 bits per heavy atom. The molecule has 0 spiro atoms. The first-order chi connectivity index (χ1) is 11.4. The molecule has 124 valence electrons. The number of aromatic nitrogens is 2. The van der Waals surface area contributed by atoms with Crippen LogP contribution in [0, 0.1) is 30.9 Å². The molecule has 0 radical (unpaired) electrons. The van der Waals surface area contributed by atoms with Gasteiger partial charge in [-0.3, -0.25) is 10.1 Å². The Bertz CT molecular complexity index is 953. The van der Waals surface area contributed by atoms with Gasteiger partial charge in [0, 0.05) is 22.3 Å². The lowest BCUT2D eigenvalue weighted by Crippen LogP contribution is -1.98. The number of hydrogen-bond acceptors (Lipinski definition) is 7. The molecule has 2 aromatic heterocycles. The molecule has 24 heavy (non-hydrogen) atoms. The largest absolute Gasteiger partial charge is 0.383 e. The third-order valence-electron chi connectivity index (χ3n) is 4.01. The second-order valence-corrected chi connectivity index (χ2v) is 7.61. The molecule has 0 aliphatic rings. The van der Waals surface area contributed by atoms with Crippen molar-refractivity contribution < 1.29 is 4.92 Å². The quantitative estimate of drug-likeness (QED) is 0.321. The highest BCUT2D eigenvalue weighted by Crippen LogP contribution is 2.34. The standard InChI is InChI=1S/C16H16N4O2S2/c1-8-10(3)24-15-13(8)14(17)18-16(19-15)23-7-11-5-4-6-12(9(11)2)20(21)22/h4-6H,7H2,1-3H3,(H2,17,18,19). The normalized spacial score (nSPS) is 11.1. The minimum atomic E-state index is -0.360. The number of rotatable bonds is 4. The summed E-state index contributed by atoms with van der Waals surface area (Å²) in [7, 11) is 0. The van der Waals surface area contributed by atoms with Crippen molar-refractivity contribution in [3.05, 3.63) is 49.9 Å². The summed E-state index contributed by atoms with van der Waals surface area (Å²) in [6, 6.07) is 5.10. The van der Waals surface area contributed by atoms with Crippen molar-refractivity contribution in [2.24, 2.45) is 0 Å². The Labute approximate surface area is 147 Å². The Hall–Kier alpha value is -2.19. The highest BCUT2D eigenvalue weighted by Gasteiger charge is 2.15. The van der Waals surface area contributed by atoms with Crippen molar-refractivity contribution in [1.29, 1.82) is 0 Å². The fraction of sp³-hybridized carbons (Fsp3) is 0.250. The van der Waals surface area contributed by atoms with E-state index in [1.165, 1.54) is 22.7 Å². The molecule has 6 nitrogen and oxygen atoms in total. The van der Waals surface area contributed by atoms with Gasteiger partial charge >= 0.3 is 0 Å². The average molecular weight is 360 g/mol. The topological polar surface area (TPSA) is 94.9 Å². The fourth-order valence-corrected chi connectivity index (χ4v) is 4.50. The zero-order valence-electron chi connectivity index (χ0n) is 13.5. The highest BCUT2D eigenvalue weighted by molar-refractivity contribution is 7.98. The maximum atomic E-state index is 11.0. The lowest BCUT2D eigenvalue weighted by Gasteiger charge is -2.06. The second-order valence-electron chi connectivity index (χ2n) is 5.46. The summed E-state index contributed by atoms with van der Waals surface area (Å²) < 4.78 is 0. The summed E-state index contributed by atoms with van der Waals surface area (Å²) in [5.74, 6) is 1.04. The van der Waals surface area contributed by atoms with Crippen LogP contribution in [0.4, 0.5) is 11.5 Å². The molecular formula is C16H16N4O2S2. The first-order valence-electron chi connectivity index (χ1n) is 7.27. The number of thioether (sulfide) groups is 1. The molecule has 2 N–H and O–H groups in total. The molecule has 3 rings (SSSR count). The summed E-state index contributed by atoms with van der Waals surface area (Å²) in [6.07, 6.45) is 0. The third-order valence-corrected chi connectivity index (χ3v) is 6.00. The van der Waals surface area contributed by atoms with E-state index in [1.54, 1.807) is 24.3 Å². The summed E-state index contributed by atoms with van der Waals surface area (Å²) in [4.78, 5) is 21.7. The van der Waals surface area contributed by atoms with E-state index >= 15 is 0 Å². The van der Waals surface area contributed by atoms with E-state index in [4.69, 9.17) is 5.73 Å². The van der Waals surface area contributed by atoms with Crippen molar-refractivity contribution in [3.63, 3.8) is 0 Å². The van der Waals surface area contributed by atoms with Gasteiger partial charge in [-0.15, -0.1) is 11.3 Å². The molecule has 0 aliphatic heterocycles. The van der Waals surface area contributed by atoms with Crippen molar-refractivity contribution in [2.45, 2.75) is 31.7 Å². The van der Waals surface area contributed by atoms with E-state index in [0.29, 0.717) is 22.3 Å². The first kappa shape index (κ1) is 16.7. The predicted octanol–water partition coefficient (Wildman–Crippen LogP) is 4.40. The van der Waals surface area contributed by atoms with E-state index in [2.05, 4.69) is 9.97 Å². The molecule has 0 bridgehead atoms. The molecule has 2 heterocycles. The van der Waals surface area contributed by atoms with Gasteiger partial charge in [0.2, 0.25) is 0 Å².